The highest BCUT2D eigenvalue weighted by Gasteiger charge is 2.20. The van der Waals surface area contributed by atoms with Crippen LogP contribution in [0.3, 0.4) is 0 Å². The number of ether oxygens (including phenoxy) is 2. The summed E-state index contributed by atoms with van der Waals surface area (Å²) < 4.78 is 16.7. The van der Waals surface area contributed by atoms with Crippen LogP contribution in [0.4, 0.5) is 5.69 Å². The maximum absolute atomic E-state index is 12.3. The first kappa shape index (κ1) is 22.7. The zero-order valence-electron chi connectivity index (χ0n) is 18.3. The second kappa shape index (κ2) is 10.4. The van der Waals surface area contributed by atoms with Gasteiger partial charge in [0.15, 0.2) is 12.7 Å². The average molecular weight is 459 g/mol. The summed E-state index contributed by atoms with van der Waals surface area (Å²) in [5.41, 5.74) is 2.56. The van der Waals surface area contributed by atoms with E-state index in [-0.39, 0.29) is 24.1 Å². The third kappa shape index (κ3) is 5.63. The molecular weight excluding hydrogens is 438 g/mol. The second-order valence-corrected chi connectivity index (χ2v) is 7.44. The van der Waals surface area contributed by atoms with Crippen molar-refractivity contribution >= 4 is 11.7 Å². The predicted molar refractivity (Wildman–Crippen MR) is 122 cm³/mol. The number of esters is 1. The lowest BCUT2D eigenvalue weighted by Gasteiger charge is -2.13. The molecule has 0 aliphatic heterocycles. The van der Waals surface area contributed by atoms with Gasteiger partial charge in [0, 0.05) is 24.1 Å². The van der Waals surface area contributed by atoms with E-state index in [1.54, 1.807) is 6.92 Å². The molecule has 0 aliphatic carbocycles. The van der Waals surface area contributed by atoms with Gasteiger partial charge >= 0.3 is 5.97 Å². The van der Waals surface area contributed by atoms with E-state index in [0.717, 1.165) is 11.1 Å². The van der Waals surface area contributed by atoms with Gasteiger partial charge in [0.2, 0.25) is 5.89 Å². The highest BCUT2D eigenvalue weighted by atomic mass is 16.6. The number of non-ortho nitro benzene ring substituents is 1. The van der Waals surface area contributed by atoms with Crippen LogP contribution in [0, 0.1) is 10.1 Å². The molecule has 0 radical (unpaired) electrons. The summed E-state index contributed by atoms with van der Waals surface area (Å²) in [7, 11) is 0. The van der Waals surface area contributed by atoms with Crippen LogP contribution in [0.1, 0.15) is 30.0 Å². The van der Waals surface area contributed by atoms with E-state index in [2.05, 4.69) is 10.2 Å². The molecule has 172 valence electrons. The van der Waals surface area contributed by atoms with Gasteiger partial charge in [-0.25, -0.2) is 4.79 Å². The van der Waals surface area contributed by atoms with Crippen molar-refractivity contribution in [3.63, 3.8) is 0 Å². The second-order valence-electron chi connectivity index (χ2n) is 7.44. The lowest BCUT2D eigenvalue weighted by atomic mass is 10.0. The fraction of sp³-hybridized carbons (Fsp3) is 0.160. The first-order valence-electron chi connectivity index (χ1n) is 10.5. The molecule has 3 aromatic carbocycles. The Morgan fingerprint density at radius 2 is 1.71 bits per heavy atom. The third-order valence-electron chi connectivity index (χ3n) is 4.98. The van der Waals surface area contributed by atoms with Crippen molar-refractivity contribution in [2.24, 2.45) is 0 Å². The van der Waals surface area contributed by atoms with Crippen molar-refractivity contribution < 1.29 is 23.6 Å². The Bertz CT molecular complexity index is 1270. The van der Waals surface area contributed by atoms with Crippen LogP contribution in [-0.2, 0) is 16.0 Å². The van der Waals surface area contributed by atoms with Crippen LogP contribution in [0.25, 0.3) is 11.5 Å². The smallest absolute Gasteiger partial charge is 0.344 e. The van der Waals surface area contributed by atoms with Crippen molar-refractivity contribution in [3.8, 4) is 17.2 Å². The molecule has 9 heteroatoms. The maximum atomic E-state index is 12.3. The van der Waals surface area contributed by atoms with Crippen LogP contribution < -0.4 is 4.74 Å². The number of benzene rings is 3. The number of rotatable bonds is 9. The van der Waals surface area contributed by atoms with E-state index in [1.807, 2.05) is 54.6 Å². The van der Waals surface area contributed by atoms with Gasteiger partial charge in [-0.05, 0) is 36.2 Å². The summed E-state index contributed by atoms with van der Waals surface area (Å²) in [5, 5.41) is 18.6. The van der Waals surface area contributed by atoms with Gasteiger partial charge in [0.25, 0.3) is 11.6 Å². The van der Waals surface area contributed by atoms with Crippen molar-refractivity contribution in [1.29, 1.82) is 0 Å². The molecule has 1 heterocycles. The number of nitro benzene ring substituents is 1. The molecule has 1 unspecified atom stereocenters. The van der Waals surface area contributed by atoms with Crippen molar-refractivity contribution in [3.05, 3.63) is 106 Å². The normalized spacial score (nSPS) is 11.6. The van der Waals surface area contributed by atoms with E-state index in [0.29, 0.717) is 17.7 Å². The Morgan fingerprint density at radius 1 is 1.00 bits per heavy atom. The molecular formula is C25H21N3O6. The van der Waals surface area contributed by atoms with Crippen molar-refractivity contribution in [2.75, 3.05) is 6.61 Å². The summed E-state index contributed by atoms with van der Waals surface area (Å²) in [6, 6.07) is 23.2. The zero-order chi connectivity index (χ0) is 23.9. The van der Waals surface area contributed by atoms with Crippen LogP contribution in [0.5, 0.6) is 5.75 Å². The number of carbonyl (C=O) groups excluding carboxylic acids is 1. The van der Waals surface area contributed by atoms with Gasteiger partial charge in [-0.2, -0.15) is 0 Å². The number of aromatic nitrogens is 2. The standard InChI is InChI=1S/C25H21N3O6/c1-17(24-26-27-25(34-24)19-11-13-21(14-12-19)28(30)31)33-23(29)16-32-22-10-6-5-9-20(22)15-18-7-3-2-4-8-18/h2-14,17H,15-16H2,1H3. The number of carbonyl (C=O) groups is 1. The molecule has 0 aliphatic rings. The maximum Gasteiger partial charge on any atom is 0.344 e. The molecule has 0 N–H and O–H groups in total. The van der Waals surface area contributed by atoms with E-state index < -0.39 is 17.0 Å². The Labute approximate surface area is 195 Å². The van der Waals surface area contributed by atoms with E-state index in [9.17, 15) is 14.9 Å². The van der Waals surface area contributed by atoms with Gasteiger partial charge < -0.3 is 13.9 Å². The lowest BCUT2D eigenvalue weighted by Crippen LogP contribution is -2.17. The van der Waals surface area contributed by atoms with Gasteiger partial charge in [0.05, 0.1) is 4.92 Å². The first-order chi connectivity index (χ1) is 16.5. The number of hydrogen-bond acceptors (Lipinski definition) is 8. The Balaban J connectivity index is 1.34. The van der Waals surface area contributed by atoms with E-state index in [4.69, 9.17) is 13.9 Å². The number of nitrogens with zero attached hydrogens (tertiary/aromatic N) is 3. The van der Waals surface area contributed by atoms with Crippen LogP contribution in [0.2, 0.25) is 0 Å². The summed E-state index contributed by atoms with van der Waals surface area (Å²) in [6.45, 7) is 1.33. The largest absolute Gasteiger partial charge is 0.482 e. The summed E-state index contributed by atoms with van der Waals surface area (Å²) >= 11 is 0. The Kier molecular flexibility index (Phi) is 6.92. The van der Waals surface area contributed by atoms with Gasteiger partial charge in [0.1, 0.15) is 5.75 Å². The molecule has 34 heavy (non-hydrogen) atoms. The molecule has 4 aromatic rings. The molecule has 0 bridgehead atoms. The quantitative estimate of drug-likeness (QED) is 0.197. The number of hydrogen-bond donors (Lipinski definition) is 0. The molecule has 4 rings (SSSR count). The van der Waals surface area contributed by atoms with Crippen LogP contribution >= 0.6 is 0 Å². The average Bonchev–Trinajstić information content (AvgIpc) is 3.35. The monoisotopic (exact) mass is 459 g/mol. The summed E-state index contributed by atoms with van der Waals surface area (Å²) in [6.07, 6.45) is -0.120. The van der Waals surface area contributed by atoms with Crippen LogP contribution in [0.15, 0.2) is 83.3 Å². The lowest BCUT2D eigenvalue weighted by molar-refractivity contribution is -0.384. The topological polar surface area (TPSA) is 118 Å². The van der Waals surface area contributed by atoms with Crippen molar-refractivity contribution in [2.45, 2.75) is 19.4 Å². The SMILES string of the molecule is CC(OC(=O)COc1ccccc1Cc1ccccc1)c1nnc(-c2ccc([N+](=O)[O-])cc2)o1. The highest BCUT2D eigenvalue weighted by Crippen LogP contribution is 2.25. The number of para-hydroxylation sites is 1. The van der Waals surface area contributed by atoms with Crippen LogP contribution in [-0.4, -0.2) is 27.7 Å². The summed E-state index contributed by atoms with van der Waals surface area (Å²) in [5.74, 6) is 0.288. The molecule has 9 nitrogen and oxygen atoms in total. The molecule has 1 aromatic heterocycles. The molecule has 0 fully saturated rings. The fourth-order valence-corrected chi connectivity index (χ4v) is 3.27. The minimum Gasteiger partial charge on any atom is -0.482 e. The van der Waals surface area contributed by atoms with Gasteiger partial charge in [-0.3, -0.25) is 10.1 Å². The Hall–Kier alpha value is -4.53. The molecule has 0 saturated carbocycles. The number of nitro groups is 1. The molecule has 1 atom stereocenters. The van der Waals surface area contributed by atoms with E-state index >= 15 is 0 Å². The van der Waals surface area contributed by atoms with Crippen molar-refractivity contribution in [1.82, 2.24) is 10.2 Å². The minimum absolute atomic E-state index is 0.0453. The van der Waals surface area contributed by atoms with Gasteiger partial charge in [-0.1, -0.05) is 48.5 Å². The summed E-state index contributed by atoms with van der Waals surface area (Å²) in [4.78, 5) is 22.6. The Morgan fingerprint density at radius 3 is 2.44 bits per heavy atom. The molecule has 0 saturated heterocycles. The first-order valence-corrected chi connectivity index (χ1v) is 10.5. The third-order valence-corrected chi connectivity index (χ3v) is 4.98. The van der Waals surface area contributed by atoms with Gasteiger partial charge in [-0.15, -0.1) is 10.2 Å². The minimum atomic E-state index is -0.796. The highest BCUT2D eigenvalue weighted by molar-refractivity contribution is 5.71. The predicted octanol–water partition coefficient (Wildman–Crippen LogP) is 4.92. The fourth-order valence-electron chi connectivity index (χ4n) is 3.27. The molecule has 0 spiro atoms. The zero-order valence-corrected chi connectivity index (χ0v) is 18.3. The van der Waals surface area contributed by atoms with E-state index in [1.165, 1.54) is 24.3 Å². The molecule has 0 amide bonds.